The number of carbonyl (C=O) groups excluding carboxylic acids is 1. The molecule has 0 radical (unpaired) electrons. The summed E-state index contributed by atoms with van der Waals surface area (Å²) >= 11 is 0. The van der Waals surface area contributed by atoms with Gasteiger partial charge in [-0.2, -0.15) is 0 Å². The van der Waals surface area contributed by atoms with Gasteiger partial charge in [-0.25, -0.2) is 13.1 Å². The number of carbonyl (C=O) groups is 1. The van der Waals surface area contributed by atoms with Gasteiger partial charge in [0.05, 0.1) is 10.9 Å². The van der Waals surface area contributed by atoms with Gasteiger partial charge in [0, 0.05) is 0 Å². The zero-order valence-electron chi connectivity index (χ0n) is 12.3. The molecular weight excluding hydrogens is 288 g/mol. The lowest BCUT2D eigenvalue weighted by Crippen LogP contribution is -2.47. The normalized spacial score (nSPS) is 18.7. The molecule has 6 heteroatoms. The van der Waals surface area contributed by atoms with Crippen LogP contribution in [0.3, 0.4) is 0 Å². The first-order valence-corrected chi connectivity index (χ1v) is 8.85. The predicted molar refractivity (Wildman–Crippen MR) is 81.3 cm³/mol. The van der Waals surface area contributed by atoms with E-state index in [4.69, 9.17) is 0 Å². The Bertz CT molecular complexity index is 564. The zero-order valence-corrected chi connectivity index (χ0v) is 13.1. The number of likely N-dealkylation sites (tertiary alicyclic amines) is 1. The Kier molecular flexibility index (Phi) is 5.36. The summed E-state index contributed by atoms with van der Waals surface area (Å²) < 4.78 is 26.5. The molecule has 2 rings (SSSR count). The fourth-order valence-electron chi connectivity index (χ4n) is 2.52. The fraction of sp³-hybridized carbons (Fsp3) is 0.533. The van der Waals surface area contributed by atoms with E-state index in [1.54, 1.807) is 25.1 Å². The van der Waals surface area contributed by atoms with Gasteiger partial charge in [0.2, 0.25) is 0 Å². The summed E-state index contributed by atoms with van der Waals surface area (Å²) in [4.78, 5) is 14.4. The molecule has 0 spiro atoms. The zero-order chi connectivity index (χ0) is 15.3. The third-order valence-corrected chi connectivity index (χ3v) is 5.22. The van der Waals surface area contributed by atoms with E-state index in [1.807, 2.05) is 0 Å². The molecule has 1 heterocycles. The van der Waals surface area contributed by atoms with Gasteiger partial charge in [-0.3, -0.25) is 9.69 Å². The van der Waals surface area contributed by atoms with E-state index < -0.39 is 22.0 Å². The van der Waals surface area contributed by atoms with Gasteiger partial charge < -0.3 is 0 Å². The highest BCUT2D eigenvalue weighted by atomic mass is 32.2. The van der Waals surface area contributed by atoms with Crippen molar-refractivity contribution >= 4 is 15.9 Å². The van der Waals surface area contributed by atoms with Gasteiger partial charge in [0.1, 0.15) is 0 Å². The van der Waals surface area contributed by atoms with E-state index in [0.29, 0.717) is 0 Å². The molecule has 1 N–H and O–H groups in total. The maximum absolute atomic E-state index is 12.2. The van der Waals surface area contributed by atoms with E-state index in [-0.39, 0.29) is 4.90 Å². The summed E-state index contributed by atoms with van der Waals surface area (Å²) in [5.41, 5.74) is 0. The molecule has 1 aliphatic rings. The smallest absolute Gasteiger partial charge is 0.264 e. The number of hydrogen-bond donors (Lipinski definition) is 1. The second kappa shape index (κ2) is 7.04. The summed E-state index contributed by atoms with van der Waals surface area (Å²) in [5.74, 6) is -0.458. The number of nitrogens with zero attached hydrogens (tertiary/aromatic N) is 1. The van der Waals surface area contributed by atoms with E-state index >= 15 is 0 Å². The SMILES string of the molecule is C[C@@H](C(=O)NS(=O)(=O)c1ccccc1)N1CCCCCC1. The van der Waals surface area contributed by atoms with E-state index in [9.17, 15) is 13.2 Å². The minimum atomic E-state index is -3.78. The highest BCUT2D eigenvalue weighted by Crippen LogP contribution is 2.13. The van der Waals surface area contributed by atoms with Crippen molar-refractivity contribution in [1.29, 1.82) is 0 Å². The first-order chi connectivity index (χ1) is 10.0. The molecular formula is C15H22N2O3S. The third-order valence-electron chi connectivity index (χ3n) is 3.86. The minimum Gasteiger partial charge on any atom is -0.292 e. The lowest BCUT2D eigenvalue weighted by molar-refractivity contribution is -0.124. The standard InChI is InChI=1S/C15H22N2O3S/c1-13(17-11-7-2-3-8-12-17)15(18)16-21(19,20)14-9-5-4-6-10-14/h4-6,9-10,13H,2-3,7-8,11-12H2,1H3,(H,16,18)/t13-/m0/s1. The Labute approximate surface area is 126 Å². The Balaban J connectivity index is 2.03. The summed E-state index contributed by atoms with van der Waals surface area (Å²) in [6.45, 7) is 3.46. The van der Waals surface area contributed by atoms with Crippen LogP contribution >= 0.6 is 0 Å². The van der Waals surface area contributed by atoms with Crippen LogP contribution in [0.1, 0.15) is 32.6 Å². The van der Waals surface area contributed by atoms with Crippen LogP contribution in [0.2, 0.25) is 0 Å². The Morgan fingerprint density at radius 3 is 2.24 bits per heavy atom. The van der Waals surface area contributed by atoms with E-state index in [0.717, 1.165) is 25.9 Å². The summed E-state index contributed by atoms with van der Waals surface area (Å²) in [7, 11) is -3.78. The molecule has 0 unspecified atom stereocenters. The molecule has 0 saturated carbocycles. The van der Waals surface area contributed by atoms with Gasteiger partial charge in [-0.1, -0.05) is 31.0 Å². The molecule has 1 atom stereocenters. The topological polar surface area (TPSA) is 66.5 Å². The molecule has 1 aliphatic heterocycles. The van der Waals surface area contributed by atoms with Crippen LogP contribution in [-0.2, 0) is 14.8 Å². The molecule has 21 heavy (non-hydrogen) atoms. The maximum atomic E-state index is 12.2. The summed E-state index contributed by atoms with van der Waals surface area (Å²) in [6.07, 6.45) is 4.46. The molecule has 1 fully saturated rings. The van der Waals surface area contributed by atoms with Gasteiger partial charge >= 0.3 is 0 Å². The summed E-state index contributed by atoms with van der Waals surface area (Å²) in [6, 6.07) is 7.54. The Hall–Kier alpha value is -1.40. The first kappa shape index (κ1) is 16.0. The average molecular weight is 310 g/mol. The van der Waals surface area contributed by atoms with E-state index in [1.165, 1.54) is 25.0 Å². The second-order valence-corrected chi connectivity index (χ2v) is 7.09. The largest absolute Gasteiger partial charge is 0.292 e. The Morgan fingerprint density at radius 1 is 1.10 bits per heavy atom. The van der Waals surface area contributed by atoms with Crippen molar-refractivity contribution in [1.82, 2.24) is 9.62 Å². The first-order valence-electron chi connectivity index (χ1n) is 7.36. The Morgan fingerprint density at radius 2 is 1.67 bits per heavy atom. The van der Waals surface area contributed by atoms with Crippen molar-refractivity contribution in [3.05, 3.63) is 30.3 Å². The number of nitrogens with one attached hydrogen (secondary N) is 1. The van der Waals surface area contributed by atoms with Crippen LogP contribution in [0.4, 0.5) is 0 Å². The molecule has 0 bridgehead atoms. The predicted octanol–water partition coefficient (Wildman–Crippen LogP) is 1.76. The molecule has 1 saturated heterocycles. The molecule has 1 aromatic rings. The highest BCUT2D eigenvalue weighted by molar-refractivity contribution is 7.90. The fourth-order valence-corrected chi connectivity index (χ4v) is 3.59. The van der Waals surface area contributed by atoms with Gasteiger partial charge in [-0.05, 0) is 45.0 Å². The lowest BCUT2D eigenvalue weighted by atomic mass is 10.2. The molecule has 5 nitrogen and oxygen atoms in total. The van der Waals surface area contributed by atoms with Crippen molar-refractivity contribution in [2.24, 2.45) is 0 Å². The molecule has 1 amide bonds. The quantitative estimate of drug-likeness (QED) is 0.920. The number of benzene rings is 1. The van der Waals surface area contributed by atoms with Crippen LogP contribution < -0.4 is 4.72 Å². The molecule has 1 aromatic carbocycles. The number of rotatable bonds is 4. The van der Waals surface area contributed by atoms with Gasteiger partial charge in [0.25, 0.3) is 15.9 Å². The van der Waals surface area contributed by atoms with Crippen molar-refractivity contribution in [3.63, 3.8) is 0 Å². The van der Waals surface area contributed by atoms with Gasteiger partial charge in [0.15, 0.2) is 0 Å². The number of sulfonamides is 1. The molecule has 0 aromatic heterocycles. The number of amides is 1. The van der Waals surface area contributed by atoms with Crippen molar-refractivity contribution in [2.75, 3.05) is 13.1 Å². The minimum absolute atomic E-state index is 0.112. The monoisotopic (exact) mass is 310 g/mol. The van der Waals surface area contributed by atoms with Crippen molar-refractivity contribution < 1.29 is 13.2 Å². The average Bonchev–Trinajstić information content (AvgIpc) is 2.76. The highest BCUT2D eigenvalue weighted by Gasteiger charge is 2.26. The van der Waals surface area contributed by atoms with Crippen LogP contribution in [0.15, 0.2) is 35.2 Å². The van der Waals surface area contributed by atoms with Crippen molar-refractivity contribution in [3.8, 4) is 0 Å². The maximum Gasteiger partial charge on any atom is 0.264 e. The van der Waals surface area contributed by atoms with Crippen LogP contribution in [-0.4, -0.2) is 38.4 Å². The molecule has 0 aliphatic carbocycles. The third kappa shape index (κ3) is 4.28. The second-order valence-electron chi connectivity index (χ2n) is 5.41. The van der Waals surface area contributed by atoms with Crippen LogP contribution in [0, 0.1) is 0 Å². The number of hydrogen-bond acceptors (Lipinski definition) is 4. The van der Waals surface area contributed by atoms with Crippen LogP contribution in [0.5, 0.6) is 0 Å². The van der Waals surface area contributed by atoms with E-state index in [2.05, 4.69) is 9.62 Å². The van der Waals surface area contributed by atoms with Crippen molar-refractivity contribution in [2.45, 2.75) is 43.5 Å². The van der Waals surface area contributed by atoms with Gasteiger partial charge in [-0.15, -0.1) is 0 Å². The lowest BCUT2D eigenvalue weighted by Gasteiger charge is -2.26. The summed E-state index contributed by atoms with van der Waals surface area (Å²) in [5, 5.41) is 0. The van der Waals surface area contributed by atoms with Crippen LogP contribution in [0.25, 0.3) is 0 Å². The molecule has 116 valence electrons.